The highest BCUT2D eigenvalue weighted by atomic mass is 32.1. The molecule has 0 saturated carbocycles. The topological polar surface area (TPSA) is 24.9 Å². The van der Waals surface area contributed by atoms with Crippen LogP contribution in [0.2, 0.25) is 0 Å². The highest BCUT2D eigenvalue weighted by molar-refractivity contribution is 7.07. The SMILES string of the molecule is CCC(CC)(CC)CNCc1cscn1. The molecule has 0 aliphatic heterocycles. The quantitative estimate of drug-likeness (QED) is 0.770. The Morgan fingerprint density at radius 3 is 2.40 bits per heavy atom. The maximum Gasteiger partial charge on any atom is 0.0795 e. The van der Waals surface area contributed by atoms with Gasteiger partial charge in [-0.1, -0.05) is 20.8 Å². The number of nitrogens with one attached hydrogen (secondary N) is 1. The molecule has 0 bridgehead atoms. The summed E-state index contributed by atoms with van der Waals surface area (Å²) in [6.07, 6.45) is 3.76. The smallest absolute Gasteiger partial charge is 0.0795 e. The molecule has 0 unspecified atom stereocenters. The molecule has 2 nitrogen and oxygen atoms in total. The molecule has 0 aliphatic rings. The minimum atomic E-state index is 0.482. The molecule has 86 valence electrons. The van der Waals surface area contributed by atoms with Gasteiger partial charge < -0.3 is 5.32 Å². The summed E-state index contributed by atoms with van der Waals surface area (Å²) in [7, 11) is 0. The van der Waals surface area contributed by atoms with Crippen LogP contribution in [0.4, 0.5) is 0 Å². The van der Waals surface area contributed by atoms with Gasteiger partial charge in [-0.05, 0) is 24.7 Å². The standard InChI is InChI=1S/C12H22N2S/c1-4-12(5-2,6-3)9-13-7-11-8-15-10-14-11/h8,10,13H,4-7,9H2,1-3H3. The molecule has 0 atom stereocenters. The molecule has 0 aliphatic carbocycles. The molecule has 1 rings (SSSR count). The summed E-state index contributed by atoms with van der Waals surface area (Å²) in [6.45, 7) is 8.88. The average molecular weight is 226 g/mol. The van der Waals surface area contributed by atoms with Gasteiger partial charge in [0.25, 0.3) is 0 Å². The first-order valence-corrected chi connectivity index (χ1v) is 6.78. The van der Waals surface area contributed by atoms with Crippen molar-refractivity contribution in [2.24, 2.45) is 5.41 Å². The Morgan fingerprint density at radius 1 is 1.27 bits per heavy atom. The zero-order chi connectivity index (χ0) is 11.1. The molecule has 0 amide bonds. The van der Waals surface area contributed by atoms with E-state index in [2.05, 4.69) is 36.5 Å². The van der Waals surface area contributed by atoms with Crippen molar-refractivity contribution in [2.45, 2.75) is 46.6 Å². The van der Waals surface area contributed by atoms with Gasteiger partial charge in [-0.15, -0.1) is 11.3 Å². The summed E-state index contributed by atoms with van der Waals surface area (Å²) in [6, 6.07) is 0. The van der Waals surface area contributed by atoms with E-state index in [0.717, 1.165) is 18.8 Å². The Morgan fingerprint density at radius 2 is 1.93 bits per heavy atom. The van der Waals surface area contributed by atoms with Gasteiger partial charge in [-0.25, -0.2) is 4.98 Å². The second-order valence-corrected chi connectivity index (χ2v) is 4.86. The molecule has 1 aromatic heterocycles. The van der Waals surface area contributed by atoms with E-state index in [1.807, 2.05) is 5.51 Å². The van der Waals surface area contributed by atoms with Crippen molar-refractivity contribution in [1.29, 1.82) is 0 Å². The van der Waals surface area contributed by atoms with E-state index in [9.17, 15) is 0 Å². The maximum absolute atomic E-state index is 4.27. The van der Waals surface area contributed by atoms with Crippen LogP contribution in [0.25, 0.3) is 0 Å². The van der Waals surface area contributed by atoms with E-state index in [1.54, 1.807) is 11.3 Å². The van der Waals surface area contributed by atoms with Crippen molar-refractivity contribution in [3.8, 4) is 0 Å². The van der Waals surface area contributed by atoms with Crippen molar-refractivity contribution >= 4 is 11.3 Å². The van der Waals surface area contributed by atoms with E-state index in [-0.39, 0.29) is 0 Å². The molecular weight excluding hydrogens is 204 g/mol. The number of nitrogens with zero attached hydrogens (tertiary/aromatic N) is 1. The lowest BCUT2D eigenvalue weighted by molar-refractivity contribution is 0.237. The van der Waals surface area contributed by atoms with E-state index in [1.165, 1.54) is 19.3 Å². The van der Waals surface area contributed by atoms with Crippen molar-refractivity contribution in [2.75, 3.05) is 6.54 Å². The summed E-state index contributed by atoms with van der Waals surface area (Å²) in [5.41, 5.74) is 3.54. The number of aromatic nitrogens is 1. The Hall–Kier alpha value is -0.410. The zero-order valence-corrected chi connectivity index (χ0v) is 10.9. The van der Waals surface area contributed by atoms with E-state index < -0.39 is 0 Å². The summed E-state index contributed by atoms with van der Waals surface area (Å²) in [5.74, 6) is 0. The van der Waals surface area contributed by atoms with Crippen LogP contribution in [-0.2, 0) is 6.54 Å². The number of rotatable bonds is 7. The minimum Gasteiger partial charge on any atom is -0.311 e. The maximum atomic E-state index is 4.27. The van der Waals surface area contributed by atoms with Gasteiger partial charge in [0.2, 0.25) is 0 Å². The normalized spacial score (nSPS) is 11.9. The number of thiazole rings is 1. The molecule has 15 heavy (non-hydrogen) atoms. The minimum absolute atomic E-state index is 0.482. The first-order chi connectivity index (χ1) is 7.26. The largest absolute Gasteiger partial charge is 0.311 e. The lowest BCUT2D eigenvalue weighted by Crippen LogP contribution is -2.32. The third kappa shape index (κ3) is 3.58. The Labute approximate surface area is 97.1 Å². The second-order valence-electron chi connectivity index (χ2n) is 4.14. The summed E-state index contributed by atoms with van der Waals surface area (Å²) < 4.78 is 0. The molecule has 0 fully saturated rings. The van der Waals surface area contributed by atoms with Crippen molar-refractivity contribution in [3.63, 3.8) is 0 Å². The highest BCUT2D eigenvalue weighted by Crippen LogP contribution is 2.29. The third-order valence-corrected chi connectivity index (χ3v) is 4.17. The molecule has 1 aromatic rings. The van der Waals surface area contributed by atoms with Crippen LogP contribution < -0.4 is 5.32 Å². The van der Waals surface area contributed by atoms with Gasteiger partial charge in [-0.3, -0.25) is 0 Å². The van der Waals surface area contributed by atoms with Crippen LogP contribution in [0.1, 0.15) is 45.7 Å². The van der Waals surface area contributed by atoms with Crippen molar-refractivity contribution < 1.29 is 0 Å². The summed E-state index contributed by atoms with van der Waals surface area (Å²) in [4.78, 5) is 4.27. The second kappa shape index (κ2) is 6.23. The Bertz CT molecular complexity index is 244. The molecule has 1 heterocycles. The lowest BCUT2D eigenvalue weighted by atomic mass is 9.80. The van der Waals surface area contributed by atoms with Gasteiger partial charge in [0.1, 0.15) is 0 Å². The molecule has 0 spiro atoms. The molecule has 1 N–H and O–H groups in total. The summed E-state index contributed by atoms with van der Waals surface area (Å²) in [5, 5.41) is 5.64. The predicted octanol–water partition coefficient (Wildman–Crippen LogP) is 3.45. The van der Waals surface area contributed by atoms with Crippen LogP contribution in [-0.4, -0.2) is 11.5 Å². The van der Waals surface area contributed by atoms with Crippen LogP contribution in [0, 0.1) is 5.41 Å². The van der Waals surface area contributed by atoms with Gasteiger partial charge in [0.15, 0.2) is 0 Å². The molecule has 0 saturated heterocycles. The van der Waals surface area contributed by atoms with Gasteiger partial charge in [0.05, 0.1) is 11.2 Å². The monoisotopic (exact) mass is 226 g/mol. The molecule has 0 aromatic carbocycles. The van der Waals surface area contributed by atoms with Crippen molar-refractivity contribution in [1.82, 2.24) is 10.3 Å². The van der Waals surface area contributed by atoms with Crippen LogP contribution in [0.5, 0.6) is 0 Å². The fourth-order valence-corrected chi connectivity index (χ4v) is 2.46. The first kappa shape index (κ1) is 12.7. The first-order valence-electron chi connectivity index (χ1n) is 5.84. The average Bonchev–Trinajstić information content (AvgIpc) is 2.78. The predicted molar refractivity (Wildman–Crippen MR) is 67.1 cm³/mol. The van der Waals surface area contributed by atoms with Crippen LogP contribution in [0.3, 0.4) is 0 Å². The van der Waals surface area contributed by atoms with Gasteiger partial charge in [0, 0.05) is 18.5 Å². The van der Waals surface area contributed by atoms with Gasteiger partial charge in [-0.2, -0.15) is 0 Å². The third-order valence-electron chi connectivity index (χ3n) is 3.54. The highest BCUT2D eigenvalue weighted by Gasteiger charge is 2.22. The van der Waals surface area contributed by atoms with Gasteiger partial charge >= 0.3 is 0 Å². The number of hydrogen-bond donors (Lipinski definition) is 1. The Balaban J connectivity index is 2.34. The fraction of sp³-hybridized carbons (Fsp3) is 0.750. The molecule has 3 heteroatoms. The van der Waals surface area contributed by atoms with Crippen molar-refractivity contribution in [3.05, 3.63) is 16.6 Å². The Kier molecular flexibility index (Phi) is 5.26. The zero-order valence-electron chi connectivity index (χ0n) is 10.0. The van der Waals surface area contributed by atoms with E-state index >= 15 is 0 Å². The van der Waals surface area contributed by atoms with Crippen LogP contribution >= 0.6 is 11.3 Å². The van der Waals surface area contributed by atoms with E-state index in [0.29, 0.717) is 5.41 Å². The molecule has 0 radical (unpaired) electrons. The fourth-order valence-electron chi connectivity index (χ4n) is 1.91. The van der Waals surface area contributed by atoms with E-state index in [4.69, 9.17) is 0 Å². The van der Waals surface area contributed by atoms with Crippen LogP contribution in [0.15, 0.2) is 10.9 Å². The molecular formula is C12H22N2S. The number of hydrogen-bond acceptors (Lipinski definition) is 3. The summed E-state index contributed by atoms with van der Waals surface area (Å²) >= 11 is 1.66. The lowest BCUT2D eigenvalue weighted by Gasteiger charge is -2.30.